The molecule has 0 radical (unpaired) electrons. The molecule has 3 aliphatic rings. The molecule has 2 aliphatic carbocycles. The summed E-state index contributed by atoms with van der Waals surface area (Å²) in [5, 5.41) is 5.35. The van der Waals surface area contributed by atoms with E-state index >= 15 is 0 Å². The van der Waals surface area contributed by atoms with E-state index in [0.29, 0.717) is 5.92 Å². The van der Waals surface area contributed by atoms with Crippen molar-refractivity contribution in [3.8, 4) is 0 Å². The summed E-state index contributed by atoms with van der Waals surface area (Å²) in [5.41, 5.74) is 4.23. The summed E-state index contributed by atoms with van der Waals surface area (Å²) in [6, 6.07) is 13.9. The Morgan fingerprint density at radius 2 is 1.74 bits per heavy atom. The first-order chi connectivity index (χ1) is 11.2. The summed E-state index contributed by atoms with van der Waals surface area (Å²) >= 11 is 0. The van der Waals surface area contributed by atoms with Gasteiger partial charge in [-0.15, -0.1) is 0 Å². The van der Waals surface area contributed by atoms with Crippen LogP contribution < -0.4 is 10.6 Å². The molecule has 2 N–H and O–H groups in total. The van der Waals surface area contributed by atoms with E-state index in [0.717, 1.165) is 28.7 Å². The molecule has 0 unspecified atom stereocenters. The normalized spacial score (nSPS) is 24.9. The first-order valence-electron chi connectivity index (χ1n) is 8.04. The van der Waals surface area contributed by atoms with Gasteiger partial charge in [0, 0.05) is 0 Å². The van der Waals surface area contributed by atoms with Crippen LogP contribution in [0.4, 0.5) is 4.79 Å². The lowest BCUT2D eigenvalue weighted by Gasteiger charge is -2.35. The Labute approximate surface area is 133 Å². The summed E-state index contributed by atoms with van der Waals surface area (Å²) < 4.78 is 0. The summed E-state index contributed by atoms with van der Waals surface area (Å²) in [4.78, 5) is 24.7. The molecule has 0 bridgehead atoms. The molecule has 3 amide bonds. The molecule has 1 spiro atoms. The minimum absolute atomic E-state index is 0.274. The third kappa shape index (κ3) is 1.66. The van der Waals surface area contributed by atoms with Crippen molar-refractivity contribution in [1.82, 2.24) is 10.6 Å². The van der Waals surface area contributed by atoms with Crippen LogP contribution in [0.2, 0.25) is 0 Å². The molecule has 1 saturated heterocycles. The molecule has 2 aromatic carbocycles. The average Bonchev–Trinajstić information content (AvgIpc) is 3.34. The van der Waals surface area contributed by atoms with Gasteiger partial charge in [-0.2, -0.15) is 0 Å². The SMILES string of the molecule is O=C1NC(=O)[C@@]2(N1)c1ccccc1Cc1ccc(C3CC3)cc12. The molecule has 1 saturated carbocycles. The lowest BCUT2D eigenvalue weighted by Crippen LogP contribution is -2.48. The molecule has 23 heavy (non-hydrogen) atoms. The number of rotatable bonds is 1. The van der Waals surface area contributed by atoms with Gasteiger partial charge in [-0.05, 0) is 53.0 Å². The lowest BCUT2D eigenvalue weighted by atomic mass is 9.72. The maximum absolute atomic E-state index is 12.8. The third-order valence-corrected chi connectivity index (χ3v) is 5.26. The van der Waals surface area contributed by atoms with E-state index in [1.54, 1.807) is 0 Å². The van der Waals surface area contributed by atoms with Crippen LogP contribution in [0.3, 0.4) is 0 Å². The highest BCUT2D eigenvalue weighted by atomic mass is 16.2. The number of benzene rings is 2. The van der Waals surface area contributed by atoms with Gasteiger partial charge in [0.15, 0.2) is 5.54 Å². The number of fused-ring (bicyclic) bond motifs is 4. The van der Waals surface area contributed by atoms with E-state index in [4.69, 9.17) is 0 Å². The van der Waals surface area contributed by atoms with Crippen LogP contribution >= 0.6 is 0 Å². The Kier molecular flexibility index (Phi) is 2.36. The van der Waals surface area contributed by atoms with Crippen LogP contribution in [0.15, 0.2) is 42.5 Å². The van der Waals surface area contributed by atoms with Gasteiger partial charge in [0.2, 0.25) is 0 Å². The molecular weight excluding hydrogens is 288 g/mol. The van der Waals surface area contributed by atoms with Crippen molar-refractivity contribution in [3.05, 3.63) is 70.3 Å². The van der Waals surface area contributed by atoms with Gasteiger partial charge in [-0.25, -0.2) is 4.79 Å². The zero-order valence-electron chi connectivity index (χ0n) is 12.6. The van der Waals surface area contributed by atoms with Crippen LogP contribution in [-0.2, 0) is 16.8 Å². The van der Waals surface area contributed by atoms with Gasteiger partial charge >= 0.3 is 6.03 Å². The highest BCUT2D eigenvalue weighted by Gasteiger charge is 2.53. The van der Waals surface area contributed by atoms with E-state index in [2.05, 4.69) is 28.8 Å². The smallest absolute Gasteiger partial charge is 0.316 e. The average molecular weight is 304 g/mol. The zero-order chi connectivity index (χ0) is 15.6. The van der Waals surface area contributed by atoms with E-state index in [1.165, 1.54) is 18.4 Å². The predicted molar refractivity (Wildman–Crippen MR) is 85.1 cm³/mol. The van der Waals surface area contributed by atoms with Gasteiger partial charge in [-0.3, -0.25) is 10.1 Å². The molecule has 4 nitrogen and oxygen atoms in total. The fourth-order valence-electron chi connectivity index (χ4n) is 3.99. The third-order valence-electron chi connectivity index (χ3n) is 5.26. The molecule has 1 atom stereocenters. The molecular formula is C19H16N2O2. The van der Waals surface area contributed by atoms with E-state index in [-0.39, 0.29) is 5.91 Å². The fourth-order valence-corrected chi connectivity index (χ4v) is 3.99. The van der Waals surface area contributed by atoms with Crippen molar-refractivity contribution >= 4 is 11.9 Å². The van der Waals surface area contributed by atoms with Crippen LogP contribution in [0.1, 0.15) is 46.6 Å². The molecule has 2 fully saturated rings. The van der Waals surface area contributed by atoms with Crippen molar-refractivity contribution in [1.29, 1.82) is 0 Å². The second-order valence-corrected chi connectivity index (χ2v) is 6.68. The summed E-state index contributed by atoms with van der Waals surface area (Å²) in [7, 11) is 0. The van der Waals surface area contributed by atoms with Crippen molar-refractivity contribution in [2.24, 2.45) is 0 Å². The number of hydrogen-bond acceptors (Lipinski definition) is 2. The van der Waals surface area contributed by atoms with Gasteiger partial charge in [-0.1, -0.05) is 42.5 Å². The highest BCUT2D eigenvalue weighted by Crippen LogP contribution is 2.46. The molecule has 0 aromatic heterocycles. The highest BCUT2D eigenvalue weighted by molar-refractivity contribution is 6.10. The fraction of sp³-hybridized carbons (Fsp3) is 0.263. The van der Waals surface area contributed by atoms with Crippen LogP contribution in [-0.4, -0.2) is 11.9 Å². The number of amides is 3. The summed E-state index contributed by atoms with van der Waals surface area (Å²) in [6.07, 6.45) is 3.21. The summed E-state index contributed by atoms with van der Waals surface area (Å²) in [6.45, 7) is 0. The maximum Gasteiger partial charge on any atom is 0.322 e. The zero-order valence-corrected chi connectivity index (χ0v) is 12.6. The Morgan fingerprint density at radius 3 is 2.48 bits per heavy atom. The number of carbonyl (C=O) groups is 2. The molecule has 5 rings (SSSR count). The Hall–Kier alpha value is -2.62. The van der Waals surface area contributed by atoms with Crippen molar-refractivity contribution in [2.75, 3.05) is 0 Å². The van der Waals surface area contributed by atoms with Gasteiger partial charge in [0.1, 0.15) is 0 Å². The monoisotopic (exact) mass is 304 g/mol. The van der Waals surface area contributed by atoms with Crippen molar-refractivity contribution in [3.63, 3.8) is 0 Å². The Morgan fingerprint density at radius 1 is 0.957 bits per heavy atom. The maximum atomic E-state index is 12.8. The molecule has 1 heterocycles. The van der Waals surface area contributed by atoms with E-state index in [9.17, 15) is 9.59 Å². The number of hydrogen-bond donors (Lipinski definition) is 2. The first kappa shape index (κ1) is 12.9. The number of urea groups is 1. The van der Waals surface area contributed by atoms with Gasteiger partial charge < -0.3 is 5.32 Å². The minimum Gasteiger partial charge on any atom is -0.316 e. The van der Waals surface area contributed by atoms with Crippen molar-refractivity contribution < 1.29 is 9.59 Å². The Balaban J connectivity index is 1.80. The number of imide groups is 1. The van der Waals surface area contributed by atoms with Crippen molar-refractivity contribution in [2.45, 2.75) is 30.7 Å². The number of nitrogens with one attached hydrogen (secondary N) is 2. The molecule has 114 valence electrons. The minimum atomic E-state index is -1.08. The van der Waals surface area contributed by atoms with Gasteiger partial charge in [0.25, 0.3) is 5.91 Å². The predicted octanol–water partition coefficient (Wildman–Crippen LogP) is 2.55. The quantitative estimate of drug-likeness (QED) is 0.796. The van der Waals surface area contributed by atoms with E-state index in [1.807, 2.05) is 24.3 Å². The largest absolute Gasteiger partial charge is 0.322 e. The standard InChI is InChI=1S/C19H16N2O2/c22-17-19(21-18(23)20-17)15-4-2-1-3-13(15)9-14-8-7-12(10-16(14)19)11-5-6-11/h1-4,7-8,10-11H,5-6,9H2,(H2,20,21,22,23)/t19-/m1/s1. The van der Waals surface area contributed by atoms with Crippen LogP contribution in [0.5, 0.6) is 0 Å². The van der Waals surface area contributed by atoms with Crippen LogP contribution in [0.25, 0.3) is 0 Å². The van der Waals surface area contributed by atoms with E-state index < -0.39 is 11.6 Å². The molecule has 2 aromatic rings. The Bertz CT molecular complexity index is 869. The second kappa shape index (κ2) is 4.22. The summed E-state index contributed by atoms with van der Waals surface area (Å²) in [5.74, 6) is 0.332. The second-order valence-electron chi connectivity index (χ2n) is 6.68. The number of carbonyl (C=O) groups excluding carboxylic acids is 2. The topological polar surface area (TPSA) is 58.2 Å². The lowest BCUT2D eigenvalue weighted by molar-refractivity contribution is -0.123. The van der Waals surface area contributed by atoms with Gasteiger partial charge in [0.05, 0.1) is 0 Å². The first-order valence-corrected chi connectivity index (χ1v) is 8.04. The van der Waals surface area contributed by atoms with Crippen LogP contribution in [0, 0.1) is 0 Å². The molecule has 1 aliphatic heterocycles. The molecule has 4 heteroatoms.